The highest BCUT2D eigenvalue weighted by molar-refractivity contribution is 5.40. The van der Waals surface area contributed by atoms with E-state index in [1.54, 1.807) is 13.2 Å². The van der Waals surface area contributed by atoms with E-state index in [2.05, 4.69) is 31.2 Å². The Labute approximate surface area is 119 Å². The average molecular weight is 272 g/mol. The van der Waals surface area contributed by atoms with Crippen molar-refractivity contribution >= 4 is 0 Å². The van der Waals surface area contributed by atoms with Gasteiger partial charge in [-0.2, -0.15) is 0 Å². The van der Waals surface area contributed by atoms with Gasteiger partial charge < -0.3 is 14.6 Å². The monoisotopic (exact) mass is 272 g/mol. The largest absolute Gasteiger partial charge is 0.497 e. The van der Waals surface area contributed by atoms with Crippen LogP contribution in [0.25, 0.3) is 0 Å². The highest BCUT2D eigenvalue weighted by Gasteiger charge is 2.05. The molecule has 0 fully saturated rings. The number of aryl methyl sites for hydroxylation is 1. The molecule has 0 aliphatic rings. The minimum atomic E-state index is -0.0681. The summed E-state index contributed by atoms with van der Waals surface area (Å²) in [6, 6.07) is 13.8. The zero-order chi connectivity index (χ0) is 14.4. The first-order valence-electron chi connectivity index (χ1n) is 6.75. The van der Waals surface area contributed by atoms with Crippen molar-refractivity contribution < 1.29 is 14.6 Å². The molecular weight excluding hydrogens is 252 g/mol. The number of ether oxygens (including phenoxy) is 2. The fourth-order valence-corrected chi connectivity index (χ4v) is 1.98. The van der Waals surface area contributed by atoms with Crippen LogP contribution in [-0.2, 0) is 19.6 Å². The lowest BCUT2D eigenvalue weighted by atomic mass is 10.1. The van der Waals surface area contributed by atoms with Crippen LogP contribution >= 0.6 is 0 Å². The third kappa shape index (κ3) is 3.52. The van der Waals surface area contributed by atoms with Gasteiger partial charge in [0, 0.05) is 5.56 Å². The van der Waals surface area contributed by atoms with Crippen molar-refractivity contribution in [2.24, 2.45) is 0 Å². The summed E-state index contributed by atoms with van der Waals surface area (Å²) >= 11 is 0. The lowest BCUT2D eigenvalue weighted by Gasteiger charge is -2.12. The Morgan fingerprint density at radius 2 is 1.70 bits per heavy atom. The molecule has 0 unspecified atom stereocenters. The second kappa shape index (κ2) is 6.96. The minimum absolute atomic E-state index is 0.0681. The maximum absolute atomic E-state index is 9.37. The Kier molecular flexibility index (Phi) is 5.02. The van der Waals surface area contributed by atoms with E-state index in [1.165, 1.54) is 5.56 Å². The number of aliphatic hydroxyl groups excluding tert-OH is 1. The van der Waals surface area contributed by atoms with Crippen molar-refractivity contribution in [1.82, 2.24) is 0 Å². The van der Waals surface area contributed by atoms with Crippen molar-refractivity contribution in [3.8, 4) is 11.5 Å². The molecule has 0 aliphatic heterocycles. The Morgan fingerprint density at radius 1 is 1.00 bits per heavy atom. The lowest BCUT2D eigenvalue weighted by Crippen LogP contribution is -1.99. The fourth-order valence-electron chi connectivity index (χ4n) is 1.98. The molecule has 2 aromatic rings. The molecular formula is C17H20O3. The minimum Gasteiger partial charge on any atom is -0.497 e. The highest BCUT2D eigenvalue weighted by Crippen LogP contribution is 2.25. The molecule has 1 N–H and O–H groups in total. The van der Waals surface area contributed by atoms with Crippen molar-refractivity contribution in [2.75, 3.05) is 7.11 Å². The second-order valence-electron chi connectivity index (χ2n) is 4.59. The number of hydrogen-bond donors (Lipinski definition) is 1. The van der Waals surface area contributed by atoms with E-state index >= 15 is 0 Å². The third-order valence-corrected chi connectivity index (χ3v) is 3.26. The molecule has 20 heavy (non-hydrogen) atoms. The van der Waals surface area contributed by atoms with Gasteiger partial charge in [-0.25, -0.2) is 0 Å². The number of aliphatic hydroxyl groups is 1. The van der Waals surface area contributed by atoms with Crippen LogP contribution in [0.15, 0.2) is 42.5 Å². The van der Waals surface area contributed by atoms with Crippen LogP contribution in [0.2, 0.25) is 0 Å². The zero-order valence-corrected chi connectivity index (χ0v) is 11.9. The molecule has 0 amide bonds. The van der Waals surface area contributed by atoms with Gasteiger partial charge in [0.15, 0.2) is 0 Å². The van der Waals surface area contributed by atoms with E-state index in [-0.39, 0.29) is 6.61 Å². The maximum atomic E-state index is 9.37. The van der Waals surface area contributed by atoms with Crippen molar-refractivity contribution in [1.29, 1.82) is 0 Å². The SMILES string of the molecule is CCc1ccc(COc2ccc(OC)cc2CO)cc1. The number of hydrogen-bond acceptors (Lipinski definition) is 3. The van der Waals surface area contributed by atoms with Gasteiger partial charge in [0.2, 0.25) is 0 Å². The third-order valence-electron chi connectivity index (χ3n) is 3.26. The van der Waals surface area contributed by atoms with E-state index in [9.17, 15) is 5.11 Å². The van der Waals surface area contributed by atoms with Gasteiger partial charge in [0.25, 0.3) is 0 Å². The summed E-state index contributed by atoms with van der Waals surface area (Å²) < 4.78 is 10.9. The van der Waals surface area contributed by atoms with Crippen LogP contribution in [0.5, 0.6) is 11.5 Å². The van der Waals surface area contributed by atoms with Gasteiger partial charge in [-0.15, -0.1) is 0 Å². The first-order valence-corrected chi connectivity index (χ1v) is 6.75. The highest BCUT2D eigenvalue weighted by atomic mass is 16.5. The summed E-state index contributed by atoms with van der Waals surface area (Å²) in [6.07, 6.45) is 1.04. The Hall–Kier alpha value is -2.00. The summed E-state index contributed by atoms with van der Waals surface area (Å²) in [5.41, 5.74) is 3.16. The number of methoxy groups -OCH3 is 1. The lowest BCUT2D eigenvalue weighted by molar-refractivity contribution is 0.258. The molecule has 3 nitrogen and oxygen atoms in total. The molecule has 0 atom stereocenters. The molecule has 106 valence electrons. The van der Waals surface area contributed by atoms with Crippen molar-refractivity contribution in [3.05, 3.63) is 59.2 Å². The Bertz CT molecular complexity index is 547. The van der Waals surface area contributed by atoms with E-state index in [0.717, 1.165) is 17.5 Å². The first kappa shape index (κ1) is 14.4. The van der Waals surface area contributed by atoms with Crippen LogP contribution in [0.3, 0.4) is 0 Å². The van der Waals surface area contributed by atoms with Crippen LogP contribution in [-0.4, -0.2) is 12.2 Å². The van der Waals surface area contributed by atoms with E-state index in [1.807, 2.05) is 12.1 Å². The van der Waals surface area contributed by atoms with Gasteiger partial charge in [0.05, 0.1) is 13.7 Å². The van der Waals surface area contributed by atoms with E-state index < -0.39 is 0 Å². The summed E-state index contributed by atoms with van der Waals surface area (Å²) in [7, 11) is 1.60. The van der Waals surface area contributed by atoms with Gasteiger partial charge in [-0.1, -0.05) is 31.2 Å². The summed E-state index contributed by atoms with van der Waals surface area (Å²) in [5.74, 6) is 1.40. The molecule has 0 saturated heterocycles. The second-order valence-corrected chi connectivity index (χ2v) is 4.59. The molecule has 0 heterocycles. The Morgan fingerprint density at radius 3 is 2.30 bits per heavy atom. The number of benzene rings is 2. The molecule has 0 radical (unpaired) electrons. The molecule has 2 rings (SSSR count). The van der Waals surface area contributed by atoms with Crippen LogP contribution in [0.4, 0.5) is 0 Å². The molecule has 3 heteroatoms. The topological polar surface area (TPSA) is 38.7 Å². The van der Waals surface area contributed by atoms with Crippen molar-refractivity contribution in [2.45, 2.75) is 26.6 Å². The maximum Gasteiger partial charge on any atom is 0.125 e. The number of rotatable bonds is 6. The van der Waals surface area contributed by atoms with Gasteiger partial charge in [-0.3, -0.25) is 0 Å². The zero-order valence-electron chi connectivity index (χ0n) is 11.9. The first-order chi connectivity index (χ1) is 9.76. The van der Waals surface area contributed by atoms with E-state index in [0.29, 0.717) is 18.1 Å². The molecule has 0 spiro atoms. The predicted molar refractivity (Wildman–Crippen MR) is 79.1 cm³/mol. The van der Waals surface area contributed by atoms with Crippen molar-refractivity contribution in [3.63, 3.8) is 0 Å². The average Bonchev–Trinajstić information content (AvgIpc) is 2.53. The predicted octanol–water partition coefficient (Wildman–Crippen LogP) is 3.33. The molecule has 2 aromatic carbocycles. The quantitative estimate of drug-likeness (QED) is 0.876. The van der Waals surface area contributed by atoms with Crippen LogP contribution < -0.4 is 9.47 Å². The smallest absolute Gasteiger partial charge is 0.125 e. The summed E-state index contributed by atoms with van der Waals surface area (Å²) in [6.45, 7) is 2.56. The summed E-state index contributed by atoms with van der Waals surface area (Å²) in [5, 5.41) is 9.37. The fraction of sp³-hybridized carbons (Fsp3) is 0.294. The van der Waals surface area contributed by atoms with Gasteiger partial charge in [-0.05, 0) is 35.7 Å². The standard InChI is InChI=1S/C17H20O3/c1-3-13-4-6-14(7-5-13)12-20-17-9-8-16(19-2)10-15(17)11-18/h4-10,18H,3,11-12H2,1-2H3. The normalized spacial score (nSPS) is 10.3. The van der Waals surface area contributed by atoms with Crippen LogP contribution in [0, 0.1) is 0 Å². The van der Waals surface area contributed by atoms with Gasteiger partial charge >= 0.3 is 0 Å². The Balaban J connectivity index is 2.05. The molecule has 0 saturated carbocycles. The van der Waals surface area contributed by atoms with Crippen LogP contribution in [0.1, 0.15) is 23.6 Å². The van der Waals surface area contributed by atoms with Gasteiger partial charge in [0.1, 0.15) is 18.1 Å². The van der Waals surface area contributed by atoms with E-state index in [4.69, 9.17) is 9.47 Å². The molecule has 0 bridgehead atoms. The molecule has 0 aliphatic carbocycles. The molecule has 0 aromatic heterocycles. The summed E-state index contributed by atoms with van der Waals surface area (Å²) in [4.78, 5) is 0.